The highest BCUT2D eigenvalue weighted by molar-refractivity contribution is 6.33. The molecule has 0 spiro atoms. The van der Waals surface area contributed by atoms with E-state index < -0.39 is 17.9 Å². The number of carbonyl (C=O) groups excluding carboxylic acids is 1. The van der Waals surface area contributed by atoms with Crippen LogP contribution in [0.25, 0.3) is 0 Å². The molecule has 0 saturated heterocycles. The molecule has 1 fully saturated rings. The Hall–Kier alpha value is -3.97. The fourth-order valence-electron chi connectivity index (χ4n) is 3.76. The average Bonchev–Trinajstić information content (AvgIpc) is 3.75. The Balaban J connectivity index is 1.32. The van der Waals surface area contributed by atoms with Crippen molar-refractivity contribution in [1.29, 1.82) is 0 Å². The van der Waals surface area contributed by atoms with Gasteiger partial charge in [0.25, 0.3) is 5.91 Å². The van der Waals surface area contributed by atoms with E-state index >= 15 is 0 Å². The molecule has 192 valence electrons. The first-order valence-corrected chi connectivity index (χ1v) is 12.4. The fourth-order valence-corrected chi connectivity index (χ4v) is 3.99. The third-order valence-corrected chi connectivity index (χ3v) is 6.31. The summed E-state index contributed by atoms with van der Waals surface area (Å²) in [7, 11) is 1.65. The summed E-state index contributed by atoms with van der Waals surface area (Å²) in [6.07, 6.45) is 2.99. The molecule has 3 aromatic carbocycles. The Labute approximate surface area is 221 Å². The van der Waals surface area contributed by atoms with E-state index in [1.807, 2.05) is 24.3 Å². The molecule has 0 bridgehead atoms. The largest absolute Gasteiger partial charge is 0.497 e. The number of amides is 1. The minimum atomic E-state index is -1.12. The van der Waals surface area contributed by atoms with E-state index in [0.717, 1.165) is 43.0 Å². The van der Waals surface area contributed by atoms with Crippen molar-refractivity contribution in [3.63, 3.8) is 0 Å². The third-order valence-electron chi connectivity index (χ3n) is 5.98. The molecule has 1 aliphatic carbocycles. The van der Waals surface area contributed by atoms with Crippen molar-refractivity contribution in [1.82, 2.24) is 10.6 Å². The quantitative estimate of drug-likeness (QED) is 0.291. The second-order valence-corrected chi connectivity index (χ2v) is 9.16. The van der Waals surface area contributed by atoms with Gasteiger partial charge in [-0.2, -0.15) is 0 Å². The second-order valence-electron chi connectivity index (χ2n) is 8.75. The molecule has 3 N–H and O–H groups in total. The third kappa shape index (κ3) is 7.51. The first kappa shape index (κ1) is 26.1. The van der Waals surface area contributed by atoms with Gasteiger partial charge in [-0.15, -0.1) is 0 Å². The Kier molecular flexibility index (Phi) is 8.69. The van der Waals surface area contributed by atoms with Gasteiger partial charge in [-0.3, -0.25) is 4.79 Å². The minimum Gasteiger partial charge on any atom is -0.497 e. The predicted octanol–water partition coefficient (Wildman–Crippen LogP) is 4.99. The van der Waals surface area contributed by atoms with Crippen molar-refractivity contribution in [3.05, 3.63) is 106 Å². The van der Waals surface area contributed by atoms with Gasteiger partial charge in [0, 0.05) is 13.0 Å². The molecule has 8 heteroatoms. The maximum Gasteiger partial charge on any atom is 0.326 e. The van der Waals surface area contributed by atoms with Crippen molar-refractivity contribution in [2.45, 2.75) is 31.7 Å². The van der Waals surface area contributed by atoms with Crippen molar-refractivity contribution >= 4 is 23.5 Å². The van der Waals surface area contributed by atoms with Crippen LogP contribution in [-0.4, -0.2) is 36.7 Å². The number of methoxy groups -OCH3 is 1. The molecule has 1 aliphatic rings. The van der Waals surface area contributed by atoms with Crippen LogP contribution >= 0.6 is 11.6 Å². The van der Waals surface area contributed by atoms with Crippen LogP contribution in [0, 0.1) is 0 Å². The highest BCUT2D eigenvalue weighted by atomic mass is 35.5. The van der Waals surface area contributed by atoms with Crippen molar-refractivity contribution in [3.8, 4) is 11.5 Å². The number of nitrogens with one attached hydrogen (secondary N) is 2. The molecule has 0 radical (unpaired) electrons. The van der Waals surface area contributed by atoms with Crippen LogP contribution in [0.4, 0.5) is 0 Å². The summed E-state index contributed by atoms with van der Waals surface area (Å²) >= 11 is 6.07. The van der Waals surface area contributed by atoms with Gasteiger partial charge in [0.05, 0.1) is 17.7 Å². The zero-order valence-electron chi connectivity index (χ0n) is 20.5. The van der Waals surface area contributed by atoms with Crippen LogP contribution in [0.1, 0.15) is 34.3 Å². The molecule has 1 amide bonds. The fraction of sp³-hybridized carbons (Fsp3) is 0.241. The lowest BCUT2D eigenvalue weighted by Gasteiger charge is -2.16. The Morgan fingerprint density at radius 1 is 0.946 bits per heavy atom. The summed E-state index contributed by atoms with van der Waals surface area (Å²) in [6.45, 7) is 0.731. The molecule has 4 rings (SSSR count). The predicted molar refractivity (Wildman–Crippen MR) is 142 cm³/mol. The van der Waals surface area contributed by atoms with Gasteiger partial charge in [0.15, 0.2) is 5.88 Å². The van der Waals surface area contributed by atoms with Gasteiger partial charge in [-0.25, -0.2) is 4.79 Å². The van der Waals surface area contributed by atoms with Crippen LogP contribution in [0.3, 0.4) is 0 Å². The molecule has 1 saturated carbocycles. The van der Waals surface area contributed by atoms with Crippen molar-refractivity contribution in [2.75, 3.05) is 13.7 Å². The number of hydrogen-bond acceptors (Lipinski definition) is 5. The summed E-state index contributed by atoms with van der Waals surface area (Å²) in [6, 6.07) is 20.6. The lowest BCUT2D eigenvalue weighted by Crippen LogP contribution is -2.42. The SMILES string of the molecule is COc1ccc(CCNC(Oc2ccc(C[C@H](NC(=O)c3ccccc3Cl)C(=O)O)cc2)=C2CC2)cc1. The number of carboxylic acid groups (broad SMARTS) is 1. The molecule has 0 heterocycles. The van der Waals surface area contributed by atoms with E-state index in [-0.39, 0.29) is 17.0 Å². The summed E-state index contributed by atoms with van der Waals surface area (Å²) in [4.78, 5) is 24.3. The number of hydrogen-bond donors (Lipinski definition) is 3. The maximum absolute atomic E-state index is 12.5. The van der Waals surface area contributed by atoms with E-state index in [0.29, 0.717) is 5.75 Å². The molecule has 37 heavy (non-hydrogen) atoms. The van der Waals surface area contributed by atoms with Gasteiger partial charge in [0.1, 0.15) is 17.5 Å². The number of carbonyl (C=O) groups is 2. The molecule has 3 aromatic rings. The van der Waals surface area contributed by atoms with Crippen LogP contribution in [0.15, 0.2) is 84.3 Å². The summed E-state index contributed by atoms with van der Waals surface area (Å²) in [5.74, 6) is 0.614. The van der Waals surface area contributed by atoms with Gasteiger partial charge in [-0.1, -0.05) is 48.0 Å². The Morgan fingerprint density at radius 2 is 1.59 bits per heavy atom. The lowest BCUT2D eigenvalue weighted by molar-refractivity contribution is -0.139. The van der Waals surface area contributed by atoms with Gasteiger partial charge in [-0.05, 0) is 72.4 Å². The van der Waals surface area contributed by atoms with Crippen LogP contribution in [0.2, 0.25) is 5.02 Å². The maximum atomic E-state index is 12.5. The number of ether oxygens (including phenoxy) is 2. The number of halogens is 1. The molecular weight excluding hydrogens is 492 g/mol. The summed E-state index contributed by atoms with van der Waals surface area (Å²) in [5.41, 5.74) is 3.44. The van der Waals surface area contributed by atoms with Crippen molar-refractivity contribution < 1.29 is 24.2 Å². The Morgan fingerprint density at radius 3 is 2.22 bits per heavy atom. The molecule has 0 aromatic heterocycles. The van der Waals surface area contributed by atoms with E-state index in [1.165, 1.54) is 11.1 Å². The van der Waals surface area contributed by atoms with E-state index in [1.54, 1.807) is 55.6 Å². The zero-order valence-corrected chi connectivity index (χ0v) is 21.3. The van der Waals surface area contributed by atoms with E-state index in [2.05, 4.69) is 10.6 Å². The van der Waals surface area contributed by atoms with Crippen LogP contribution in [-0.2, 0) is 17.6 Å². The molecule has 7 nitrogen and oxygen atoms in total. The van der Waals surface area contributed by atoms with Gasteiger partial charge >= 0.3 is 5.97 Å². The first-order chi connectivity index (χ1) is 17.9. The molecule has 0 unspecified atom stereocenters. The Bertz CT molecular complexity index is 1270. The normalized spacial score (nSPS) is 12.9. The average molecular weight is 521 g/mol. The first-order valence-electron chi connectivity index (χ1n) is 12.1. The molecule has 1 atom stereocenters. The number of rotatable bonds is 12. The van der Waals surface area contributed by atoms with Crippen LogP contribution in [0.5, 0.6) is 11.5 Å². The number of allylic oxidation sites excluding steroid dienone is 1. The summed E-state index contributed by atoms with van der Waals surface area (Å²) in [5, 5.41) is 15.9. The lowest BCUT2D eigenvalue weighted by atomic mass is 10.1. The molecule has 0 aliphatic heterocycles. The zero-order chi connectivity index (χ0) is 26.2. The topological polar surface area (TPSA) is 96.9 Å². The minimum absolute atomic E-state index is 0.125. The smallest absolute Gasteiger partial charge is 0.326 e. The monoisotopic (exact) mass is 520 g/mol. The standard InChI is InChI=1S/C29H29ClN2O5/c1-36-22-12-6-19(7-13-22)16-17-31-28(21-10-11-21)37-23-14-8-20(9-15-23)18-26(29(34)35)32-27(33)24-4-2-3-5-25(24)30/h2-9,12-15,26,31H,10-11,16-18H2,1H3,(H,32,33)(H,34,35)/t26-/m0/s1. The van der Waals surface area contributed by atoms with E-state index in [4.69, 9.17) is 21.1 Å². The van der Waals surface area contributed by atoms with Crippen molar-refractivity contribution in [2.24, 2.45) is 0 Å². The second kappa shape index (κ2) is 12.3. The number of aliphatic carboxylic acids is 1. The molecular formula is C29H29ClN2O5. The van der Waals surface area contributed by atoms with Gasteiger partial charge < -0.3 is 25.2 Å². The van der Waals surface area contributed by atoms with Crippen LogP contribution < -0.4 is 20.1 Å². The highest BCUT2D eigenvalue weighted by Gasteiger charge is 2.23. The van der Waals surface area contributed by atoms with E-state index in [9.17, 15) is 14.7 Å². The number of benzene rings is 3. The summed E-state index contributed by atoms with van der Waals surface area (Å²) < 4.78 is 11.3. The number of carboxylic acids is 1. The highest BCUT2D eigenvalue weighted by Crippen LogP contribution is 2.32. The van der Waals surface area contributed by atoms with Gasteiger partial charge in [0.2, 0.25) is 0 Å².